The Morgan fingerprint density at radius 3 is 3.00 bits per heavy atom. The number of aromatic nitrogens is 1. The van der Waals surface area contributed by atoms with Crippen molar-refractivity contribution in [1.82, 2.24) is 15.6 Å². The lowest BCUT2D eigenvalue weighted by Crippen LogP contribution is -2.42. The molecule has 0 radical (unpaired) electrons. The highest BCUT2D eigenvalue weighted by Gasteiger charge is 2.24. The molecule has 0 aromatic carbocycles. The fourth-order valence-electron chi connectivity index (χ4n) is 2.86. The van der Waals surface area contributed by atoms with E-state index in [-0.39, 0.29) is 0 Å². The second-order valence-electron chi connectivity index (χ2n) is 6.02. The third-order valence-electron chi connectivity index (χ3n) is 4.19. The molecule has 0 aliphatic heterocycles. The molecule has 0 amide bonds. The van der Waals surface area contributed by atoms with E-state index in [4.69, 9.17) is 14.5 Å². The molecule has 25 heavy (non-hydrogen) atoms. The summed E-state index contributed by atoms with van der Waals surface area (Å²) >= 11 is 1.96. The first kappa shape index (κ1) is 19.8. The van der Waals surface area contributed by atoms with Gasteiger partial charge in [0.15, 0.2) is 5.96 Å². The maximum Gasteiger partial charge on any atom is 0.218 e. The maximum absolute atomic E-state index is 5.68. The van der Waals surface area contributed by atoms with Crippen molar-refractivity contribution in [3.05, 3.63) is 23.9 Å². The Morgan fingerprint density at radius 1 is 1.40 bits per heavy atom. The fourth-order valence-corrected chi connectivity index (χ4v) is 3.66. The van der Waals surface area contributed by atoms with Crippen molar-refractivity contribution in [2.75, 3.05) is 33.1 Å². The molecule has 0 bridgehead atoms. The Bertz CT molecular complexity index is 542. The zero-order valence-electron chi connectivity index (χ0n) is 15.5. The lowest BCUT2D eigenvalue weighted by atomic mass is 10.2. The molecule has 2 N–H and O–H groups in total. The molecular formula is C18H30N4O2S. The molecule has 6 nitrogen and oxygen atoms in total. The molecule has 7 heteroatoms. The van der Waals surface area contributed by atoms with E-state index in [1.54, 1.807) is 13.3 Å². The number of rotatable bonds is 9. The average molecular weight is 367 g/mol. The molecule has 2 unspecified atom stereocenters. The van der Waals surface area contributed by atoms with E-state index >= 15 is 0 Å². The van der Waals surface area contributed by atoms with Crippen LogP contribution in [-0.2, 0) is 11.3 Å². The van der Waals surface area contributed by atoms with Crippen molar-refractivity contribution >= 4 is 17.7 Å². The van der Waals surface area contributed by atoms with Crippen LogP contribution in [0.5, 0.6) is 5.88 Å². The highest BCUT2D eigenvalue weighted by atomic mass is 32.2. The van der Waals surface area contributed by atoms with Gasteiger partial charge in [-0.2, -0.15) is 11.8 Å². The second-order valence-corrected chi connectivity index (χ2v) is 7.15. The molecule has 1 aliphatic rings. The van der Waals surface area contributed by atoms with Crippen LogP contribution in [0.1, 0.15) is 31.7 Å². The summed E-state index contributed by atoms with van der Waals surface area (Å²) < 4.78 is 10.7. The van der Waals surface area contributed by atoms with Crippen molar-refractivity contribution < 1.29 is 9.47 Å². The van der Waals surface area contributed by atoms with Crippen LogP contribution in [0.2, 0.25) is 0 Å². The van der Waals surface area contributed by atoms with Crippen LogP contribution < -0.4 is 15.4 Å². The Morgan fingerprint density at radius 2 is 2.28 bits per heavy atom. The minimum absolute atomic E-state index is 0.487. The van der Waals surface area contributed by atoms with Gasteiger partial charge in [-0.3, -0.25) is 0 Å². The number of hydrogen-bond acceptors (Lipinski definition) is 5. The van der Waals surface area contributed by atoms with Gasteiger partial charge < -0.3 is 20.1 Å². The van der Waals surface area contributed by atoms with Crippen molar-refractivity contribution in [3.63, 3.8) is 0 Å². The maximum atomic E-state index is 5.68. The lowest BCUT2D eigenvalue weighted by molar-refractivity contribution is 0.143. The molecule has 2 rings (SSSR count). The molecule has 140 valence electrons. The van der Waals surface area contributed by atoms with Crippen molar-refractivity contribution in [1.29, 1.82) is 0 Å². The van der Waals surface area contributed by atoms with Gasteiger partial charge in [-0.25, -0.2) is 9.98 Å². The normalized spacial score (nSPS) is 20.5. The fraction of sp³-hybridized carbons (Fsp3) is 0.667. The molecule has 1 aromatic heterocycles. The van der Waals surface area contributed by atoms with Crippen molar-refractivity contribution in [2.24, 2.45) is 4.99 Å². The van der Waals surface area contributed by atoms with E-state index in [0.29, 0.717) is 31.7 Å². The SMILES string of the molecule is CCNC(=NCc1cccnc1OCCOC)NC1CCC(SC)C1. The van der Waals surface area contributed by atoms with E-state index in [2.05, 4.69) is 28.8 Å². The van der Waals surface area contributed by atoms with E-state index in [9.17, 15) is 0 Å². The van der Waals surface area contributed by atoms with Gasteiger partial charge in [0.25, 0.3) is 0 Å². The van der Waals surface area contributed by atoms with Crippen molar-refractivity contribution in [3.8, 4) is 5.88 Å². The summed E-state index contributed by atoms with van der Waals surface area (Å²) in [4.78, 5) is 9.03. The summed E-state index contributed by atoms with van der Waals surface area (Å²) in [7, 11) is 1.66. The van der Waals surface area contributed by atoms with E-state index in [1.807, 2.05) is 23.9 Å². The third kappa shape index (κ3) is 6.74. The van der Waals surface area contributed by atoms with Gasteiger partial charge in [0.05, 0.1) is 13.2 Å². The molecule has 0 saturated heterocycles. The van der Waals surface area contributed by atoms with Gasteiger partial charge in [-0.15, -0.1) is 0 Å². The number of ether oxygens (including phenoxy) is 2. The Balaban J connectivity index is 1.96. The second kappa shape index (κ2) is 11.2. The van der Waals surface area contributed by atoms with E-state index < -0.39 is 0 Å². The summed E-state index contributed by atoms with van der Waals surface area (Å²) in [5, 5.41) is 7.67. The molecule has 1 fully saturated rings. The predicted octanol–water partition coefficient (Wildman–Crippen LogP) is 2.45. The van der Waals surface area contributed by atoms with Crippen LogP contribution >= 0.6 is 11.8 Å². The molecule has 2 atom stereocenters. The monoisotopic (exact) mass is 366 g/mol. The number of aliphatic imine (C=N–C) groups is 1. The molecule has 0 spiro atoms. The highest BCUT2D eigenvalue weighted by Crippen LogP contribution is 2.28. The predicted molar refractivity (Wildman–Crippen MR) is 105 cm³/mol. The zero-order chi connectivity index (χ0) is 17.9. The van der Waals surface area contributed by atoms with Gasteiger partial charge >= 0.3 is 0 Å². The summed E-state index contributed by atoms with van der Waals surface area (Å²) in [5.41, 5.74) is 0.976. The summed E-state index contributed by atoms with van der Waals surface area (Å²) in [6.07, 6.45) is 7.61. The molecular weight excluding hydrogens is 336 g/mol. The molecule has 1 heterocycles. The largest absolute Gasteiger partial charge is 0.475 e. The van der Waals surface area contributed by atoms with Crippen molar-refractivity contribution in [2.45, 2.75) is 44.0 Å². The zero-order valence-corrected chi connectivity index (χ0v) is 16.3. The Labute approximate surface area is 155 Å². The average Bonchev–Trinajstić information content (AvgIpc) is 3.09. The van der Waals surface area contributed by atoms with Gasteiger partial charge in [0, 0.05) is 36.7 Å². The molecule has 1 aliphatic carbocycles. The smallest absolute Gasteiger partial charge is 0.218 e. The van der Waals surface area contributed by atoms with Gasteiger partial charge in [-0.05, 0) is 38.5 Å². The standard InChI is InChI=1S/C18H30N4O2S/c1-4-19-18(22-15-7-8-16(12-15)25-3)21-13-14-6-5-9-20-17(14)24-11-10-23-2/h5-6,9,15-16H,4,7-8,10-13H2,1-3H3,(H2,19,21,22). The van der Waals surface area contributed by atoms with Gasteiger partial charge in [-0.1, -0.05) is 6.07 Å². The number of methoxy groups -OCH3 is 1. The van der Waals surface area contributed by atoms with Crippen LogP contribution in [0, 0.1) is 0 Å². The first-order valence-corrected chi connectivity index (χ1v) is 10.2. The number of nitrogens with zero attached hydrogens (tertiary/aromatic N) is 2. The van der Waals surface area contributed by atoms with E-state index in [0.717, 1.165) is 23.3 Å². The summed E-state index contributed by atoms with van der Waals surface area (Å²) in [5.74, 6) is 1.49. The number of guanidine groups is 1. The molecule has 1 aromatic rings. The number of thioether (sulfide) groups is 1. The van der Waals surface area contributed by atoms with Crippen LogP contribution in [0.25, 0.3) is 0 Å². The number of nitrogens with one attached hydrogen (secondary N) is 2. The van der Waals surface area contributed by atoms with Crippen LogP contribution in [0.15, 0.2) is 23.3 Å². The summed E-state index contributed by atoms with van der Waals surface area (Å²) in [6, 6.07) is 4.41. The first-order valence-electron chi connectivity index (χ1n) is 8.90. The van der Waals surface area contributed by atoms with Crippen LogP contribution in [-0.4, -0.2) is 55.4 Å². The number of pyridine rings is 1. The molecule has 1 saturated carbocycles. The van der Waals surface area contributed by atoms with Gasteiger partial charge in [0.2, 0.25) is 5.88 Å². The van der Waals surface area contributed by atoms with Gasteiger partial charge in [0.1, 0.15) is 6.61 Å². The Kier molecular flexibility index (Phi) is 8.90. The van der Waals surface area contributed by atoms with Crippen LogP contribution in [0.4, 0.5) is 0 Å². The minimum atomic E-state index is 0.487. The topological polar surface area (TPSA) is 67.8 Å². The Hall–Kier alpha value is -1.47. The first-order chi connectivity index (χ1) is 12.3. The number of hydrogen-bond donors (Lipinski definition) is 2. The lowest BCUT2D eigenvalue weighted by Gasteiger charge is -2.17. The minimum Gasteiger partial charge on any atom is -0.475 e. The van der Waals surface area contributed by atoms with E-state index in [1.165, 1.54) is 19.3 Å². The summed E-state index contributed by atoms with van der Waals surface area (Å²) in [6.45, 7) is 4.49. The van der Waals surface area contributed by atoms with Crippen LogP contribution in [0.3, 0.4) is 0 Å². The third-order valence-corrected chi connectivity index (χ3v) is 5.28. The highest BCUT2D eigenvalue weighted by molar-refractivity contribution is 7.99. The quantitative estimate of drug-likeness (QED) is 0.397.